The van der Waals surface area contributed by atoms with E-state index in [9.17, 15) is 0 Å². The second kappa shape index (κ2) is 5.70. The number of aromatic nitrogens is 1. The Hall–Kier alpha value is -1.41. The molecule has 3 rings (SSSR count). The molecule has 2 unspecified atom stereocenters. The highest BCUT2D eigenvalue weighted by Crippen LogP contribution is 2.32. The zero-order valence-corrected chi connectivity index (χ0v) is 11.6. The van der Waals surface area contributed by atoms with Gasteiger partial charge in [-0.25, -0.2) is 0 Å². The summed E-state index contributed by atoms with van der Waals surface area (Å²) >= 11 is 0. The van der Waals surface area contributed by atoms with Gasteiger partial charge in [0.2, 0.25) is 0 Å². The van der Waals surface area contributed by atoms with Crippen LogP contribution in [0.4, 0.5) is 0 Å². The third-order valence-corrected chi connectivity index (χ3v) is 4.43. The van der Waals surface area contributed by atoms with E-state index in [2.05, 4.69) is 41.6 Å². The summed E-state index contributed by atoms with van der Waals surface area (Å²) in [6, 6.07) is 11.7. The summed E-state index contributed by atoms with van der Waals surface area (Å²) in [5, 5.41) is 4.74. The highest BCUT2D eigenvalue weighted by atomic mass is 14.9. The molecule has 2 aromatic rings. The van der Waals surface area contributed by atoms with Crippen LogP contribution in [0.5, 0.6) is 0 Å². The Labute approximate surface area is 115 Å². The first-order chi connectivity index (χ1) is 9.36. The molecule has 1 N–H and O–H groups in total. The minimum absolute atomic E-state index is 0.678. The first kappa shape index (κ1) is 12.6. The summed E-state index contributed by atoms with van der Waals surface area (Å²) in [7, 11) is 2.09. The molecule has 0 aliphatic heterocycles. The standard InChI is InChI=1S/C17H22N2/c1-18-16-7-3-2-5-13(12-16)14-8-9-17-15(11-14)6-4-10-19-17/h4,6,8-11,13,16,18H,2-3,5,7,12H2,1H3. The van der Waals surface area contributed by atoms with Crippen molar-refractivity contribution in [2.75, 3.05) is 7.05 Å². The molecule has 0 amide bonds. The second-order valence-corrected chi connectivity index (χ2v) is 5.66. The predicted octanol–water partition coefficient (Wildman–Crippen LogP) is 3.87. The third kappa shape index (κ3) is 2.79. The van der Waals surface area contributed by atoms with Crippen LogP contribution in [-0.2, 0) is 0 Å². The highest BCUT2D eigenvalue weighted by Gasteiger charge is 2.20. The van der Waals surface area contributed by atoms with Crippen LogP contribution in [0.25, 0.3) is 10.9 Å². The van der Waals surface area contributed by atoms with Crippen LogP contribution in [0.3, 0.4) is 0 Å². The summed E-state index contributed by atoms with van der Waals surface area (Å²) in [4.78, 5) is 4.40. The molecule has 2 nitrogen and oxygen atoms in total. The van der Waals surface area contributed by atoms with E-state index in [1.54, 1.807) is 0 Å². The molecule has 1 heterocycles. The fourth-order valence-corrected chi connectivity index (χ4v) is 3.27. The van der Waals surface area contributed by atoms with Crippen molar-refractivity contribution in [2.45, 2.75) is 44.1 Å². The van der Waals surface area contributed by atoms with Crippen molar-refractivity contribution in [2.24, 2.45) is 0 Å². The van der Waals surface area contributed by atoms with E-state index >= 15 is 0 Å². The van der Waals surface area contributed by atoms with Gasteiger partial charge >= 0.3 is 0 Å². The molecule has 1 aromatic heterocycles. The Morgan fingerprint density at radius 3 is 2.95 bits per heavy atom. The molecule has 1 aliphatic rings. The molecule has 0 radical (unpaired) electrons. The van der Waals surface area contributed by atoms with Gasteiger partial charge < -0.3 is 5.32 Å². The van der Waals surface area contributed by atoms with E-state index in [-0.39, 0.29) is 0 Å². The quantitative estimate of drug-likeness (QED) is 0.823. The summed E-state index contributed by atoms with van der Waals surface area (Å²) < 4.78 is 0. The van der Waals surface area contributed by atoms with Crippen molar-refractivity contribution in [3.63, 3.8) is 0 Å². The van der Waals surface area contributed by atoms with Gasteiger partial charge in [0.15, 0.2) is 0 Å². The smallest absolute Gasteiger partial charge is 0.0702 e. The van der Waals surface area contributed by atoms with Gasteiger partial charge in [-0.15, -0.1) is 0 Å². The number of hydrogen-bond donors (Lipinski definition) is 1. The molecule has 1 aliphatic carbocycles. The van der Waals surface area contributed by atoms with E-state index in [1.807, 2.05) is 12.3 Å². The monoisotopic (exact) mass is 254 g/mol. The number of rotatable bonds is 2. The van der Waals surface area contributed by atoms with Crippen LogP contribution in [0.15, 0.2) is 36.5 Å². The minimum Gasteiger partial charge on any atom is -0.317 e. The Morgan fingerprint density at radius 1 is 1.16 bits per heavy atom. The summed E-state index contributed by atoms with van der Waals surface area (Å²) in [6.45, 7) is 0. The number of nitrogens with one attached hydrogen (secondary N) is 1. The highest BCUT2D eigenvalue weighted by molar-refractivity contribution is 5.79. The fraction of sp³-hybridized carbons (Fsp3) is 0.471. The van der Waals surface area contributed by atoms with E-state index < -0.39 is 0 Å². The SMILES string of the molecule is CNC1CCCCC(c2ccc3ncccc3c2)C1. The fourth-order valence-electron chi connectivity index (χ4n) is 3.27. The maximum absolute atomic E-state index is 4.40. The van der Waals surface area contributed by atoms with E-state index in [1.165, 1.54) is 43.1 Å². The first-order valence-electron chi connectivity index (χ1n) is 7.39. The van der Waals surface area contributed by atoms with E-state index in [0.717, 1.165) is 5.52 Å². The zero-order chi connectivity index (χ0) is 13.1. The maximum Gasteiger partial charge on any atom is 0.0702 e. The summed E-state index contributed by atoms with van der Waals surface area (Å²) in [6.07, 6.45) is 8.49. The van der Waals surface area contributed by atoms with Crippen molar-refractivity contribution in [3.8, 4) is 0 Å². The molecule has 1 saturated carbocycles. The maximum atomic E-state index is 4.40. The largest absolute Gasteiger partial charge is 0.317 e. The number of nitrogens with zero attached hydrogens (tertiary/aromatic N) is 1. The molecular formula is C17H22N2. The average Bonchev–Trinajstić information content (AvgIpc) is 2.72. The molecule has 19 heavy (non-hydrogen) atoms. The van der Waals surface area contributed by atoms with Crippen molar-refractivity contribution in [1.82, 2.24) is 10.3 Å². The molecular weight excluding hydrogens is 232 g/mol. The van der Waals surface area contributed by atoms with Crippen LogP contribution in [-0.4, -0.2) is 18.1 Å². The Morgan fingerprint density at radius 2 is 2.05 bits per heavy atom. The van der Waals surface area contributed by atoms with Gasteiger partial charge in [0, 0.05) is 17.6 Å². The van der Waals surface area contributed by atoms with Crippen LogP contribution < -0.4 is 5.32 Å². The van der Waals surface area contributed by atoms with Gasteiger partial charge in [-0.05, 0) is 56.0 Å². The van der Waals surface area contributed by atoms with Crippen molar-refractivity contribution in [1.29, 1.82) is 0 Å². The lowest BCUT2D eigenvalue weighted by atomic mass is 9.89. The second-order valence-electron chi connectivity index (χ2n) is 5.66. The number of benzene rings is 1. The predicted molar refractivity (Wildman–Crippen MR) is 80.4 cm³/mol. The Bertz CT molecular complexity index is 550. The van der Waals surface area contributed by atoms with Gasteiger partial charge in [0.05, 0.1) is 5.52 Å². The Balaban J connectivity index is 1.89. The van der Waals surface area contributed by atoms with Crippen molar-refractivity contribution in [3.05, 3.63) is 42.1 Å². The van der Waals surface area contributed by atoms with Crippen LogP contribution in [0.2, 0.25) is 0 Å². The van der Waals surface area contributed by atoms with Gasteiger partial charge in [0.1, 0.15) is 0 Å². The molecule has 0 bridgehead atoms. The number of hydrogen-bond acceptors (Lipinski definition) is 2. The lowest BCUT2D eigenvalue weighted by Gasteiger charge is -2.20. The van der Waals surface area contributed by atoms with Crippen molar-refractivity contribution < 1.29 is 0 Å². The molecule has 1 aromatic carbocycles. The minimum atomic E-state index is 0.678. The van der Waals surface area contributed by atoms with Crippen LogP contribution in [0.1, 0.15) is 43.6 Å². The van der Waals surface area contributed by atoms with E-state index in [4.69, 9.17) is 0 Å². The van der Waals surface area contributed by atoms with E-state index in [0.29, 0.717) is 12.0 Å². The Kier molecular flexibility index (Phi) is 3.79. The van der Waals surface area contributed by atoms with Crippen molar-refractivity contribution >= 4 is 10.9 Å². The molecule has 1 fully saturated rings. The normalized spacial score (nSPS) is 24.3. The lowest BCUT2D eigenvalue weighted by molar-refractivity contribution is 0.471. The van der Waals surface area contributed by atoms with Crippen LogP contribution >= 0.6 is 0 Å². The van der Waals surface area contributed by atoms with Gasteiger partial charge in [-0.2, -0.15) is 0 Å². The zero-order valence-electron chi connectivity index (χ0n) is 11.6. The van der Waals surface area contributed by atoms with Gasteiger partial charge in [-0.1, -0.05) is 25.0 Å². The van der Waals surface area contributed by atoms with Gasteiger partial charge in [0.25, 0.3) is 0 Å². The topological polar surface area (TPSA) is 24.9 Å². The summed E-state index contributed by atoms with van der Waals surface area (Å²) in [5.41, 5.74) is 2.59. The average molecular weight is 254 g/mol. The molecule has 100 valence electrons. The summed E-state index contributed by atoms with van der Waals surface area (Å²) in [5.74, 6) is 0.699. The molecule has 2 atom stereocenters. The number of fused-ring (bicyclic) bond motifs is 1. The molecule has 0 saturated heterocycles. The molecule has 2 heteroatoms. The first-order valence-corrected chi connectivity index (χ1v) is 7.39. The third-order valence-electron chi connectivity index (χ3n) is 4.43. The lowest BCUT2D eigenvalue weighted by Crippen LogP contribution is -2.25. The molecule has 0 spiro atoms. The number of pyridine rings is 1. The van der Waals surface area contributed by atoms with Crippen LogP contribution in [0, 0.1) is 0 Å². The van der Waals surface area contributed by atoms with Gasteiger partial charge in [-0.3, -0.25) is 4.98 Å².